The number of halogens is 54. The van der Waals surface area contributed by atoms with Crippen LogP contribution in [-0.4, -0.2) is 152 Å². The van der Waals surface area contributed by atoms with E-state index < -0.39 is 175 Å². The van der Waals surface area contributed by atoms with E-state index in [0.717, 1.165) is 0 Å². The summed E-state index contributed by atoms with van der Waals surface area (Å²) in [5.41, 5.74) is 0. The zero-order chi connectivity index (χ0) is 67.0. The zero-order valence-electron chi connectivity index (χ0n) is 33.4. The zero-order valence-corrected chi connectivity index (χ0v) is 35.6. The topological polar surface area (TPSA) is 0 Å². The minimum Gasteiger partial charge on any atom is -0.192 e. The first-order valence-corrected chi connectivity index (χ1v) is 17.5. The van der Waals surface area contributed by atoms with Crippen LogP contribution in [0.1, 0.15) is 0 Å². The minimum absolute atomic E-state index is 1.59. The molecule has 0 saturated heterocycles. The summed E-state index contributed by atoms with van der Waals surface area (Å²) in [5.74, 6) is -251. The van der Waals surface area contributed by atoms with E-state index in [2.05, 4.69) is 0 Å². The fourth-order valence-corrected chi connectivity index (χ4v) is 5.03. The third-order valence-corrected chi connectivity index (χ3v) is 10.5. The summed E-state index contributed by atoms with van der Waals surface area (Å²) in [6, 6.07) is 0. The van der Waals surface area contributed by atoms with Gasteiger partial charge < -0.3 is 0 Å². The van der Waals surface area contributed by atoms with Crippen molar-refractivity contribution in [3.8, 4) is 0 Å². The Morgan fingerprint density at radius 2 is 0.163 bits per heavy atom. The monoisotopic (exact) mass is 1450 g/mol. The van der Waals surface area contributed by atoms with Crippen LogP contribution in [0.25, 0.3) is 0 Å². The molecule has 0 N–H and O–H groups in total. The molecule has 0 aromatic heterocycles. The number of rotatable bonds is 24. The van der Waals surface area contributed by atoms with E-state index in [1.165, 1.54) is 0 Å². The maximum atomic E-state index is 14.1. The summed E-state index contributed by atoms with van der Waals surface area (Å²) >= 11 is -1.59. The average molecular weight is 1450 g/mol. The Morgan fingerprint density at radius 1 is 0.100 bits per heavy atom. The normalized spacial score (nSPS) is 17.6. The van der Waals surface area contributed by atoms with Crippen LogP contribution in [0.2, 0.25) is 0 Å². The maximum absolute atomic E-state index is 14.1. The molecule has 0 atom stereocenters. The number of hydrogen-bond acceptors (Lipinski definition) is 0. The van der Waals surface area contributed by atoms with Crippen molar-refractivity contribution in [2.24, 2.45) is 0 Å². The van der Waals surface area contributed by atoms with Crippen molar-refractivity contribution in [2.75, 3.05) is 0 Å². The van der Waals surface area contributed by atoms with Gasteiger partial charge in [-0.1, -0.05) is 0 Å². The first-order chi connectivity index (χ1) is 33.2. The van der Waals surface area contributed by atoms with Crippen LogP contribution < -0.4 is 0 Å². The molecule has 0 unspecified atom stereocenters. The van der Waals surface area contributed by atoms with Gasteiger partial charge in [-0.3, -0.25) is 0 Å². The molecule has 482 valence electrons. The molecule has 80 heavy (non-hydrogen) atoms. The van der Waals surface area contributed by atoms with Crippen LogP contribution in [0, 0.1) is 0 Å². The second-order valence-electron chi connectivity index (χ2n) is 14.8. The van der Waals surface area contributed by atoms with E-state index in [-0.39, 0.29) is 0 Å². The molecule has 0 spiro atoms. The highest BCUT2D eigenvalue weighted by atomic mass is 127. The molecule has 0 rings (SSSR count). The molecule has 0 aliphatic carbocycles. The summed E-state index contributed by atoms with van der Waals surface area (Å²) < 4.78 is 719. The Bertz CT molecular complexity index is 2080. The summed E-state index contributed by atoms with van der Waals surface area (Å²) in [6.45, 7) is 0. The molecule has 0 aliphatic heterocycles. The Kier molecular flexibility index (Phi) is 17.6. The van der Waals surface area contributed by atoms with E-state index in [1.807, 2.05) is 0 Å². The summed E-state index contributed by atoms with van der Waals surface area (Å²) in [7, 11) is 0. The lowest BCUT2D eigenvalue weighted by atomic mass is 9.81. The van der Waals surface area contributed by atoms with Gasteiger partial charge in [0.15, 0.2) is 0 Å². The highest BCUT2D eigenvalue weighted by Crippen LogP contribution is 2.73. The van der Waals surface area contributed by atoms with Crippen LogP contribution in [0.15, 0.2) is 0 Å². The summed E-state index contributed by atoms with van der Waals surface area (Å²) in [6.07, 6.45) is -8.65. The molecule has 0 nitrogen and oxygen atoms in total. The smallest absolute Gasteiger partial charge is 0.192 e. The highest BCUT2D eigenvalue weighted by molar-refractivity contribution is 14.1. The van der Waals surface area contributed by atoms with Gasteiger partial charge in [0.05, 0.1) is 0 Å². The second-order valence-corrected chi connectivity index (χ2v) is 16.1. The van der Waals surface area contributed by atoms with E-state index in [9.17, 15) is 233 Å². The fourth-order valence-electron chi connectivity index (χ4n) is 4.69. The Hall–Kier alpha value is -2.98. The lowest BCUT2D eigenvalue weighted by molar-refractivity contribution is -0.499. The Balaban J connectivity index is 8.26. The van der Waals surface area contributed by atoms with Gasteiger partial charge in [0.25, 0.3) is 0 Å². The van der Waals surface area contributed by atoms with Gasteiger partial charge in [-0.05, 0) is 0 Å². The van der Waals surface area contributed by atoms with Crippen LogP contribution in [0.5, 0.6) is 0 Å². The van der Waals surface area contributed by atoms with Gasteiger partial charge in [0.2, 0.25) is 0 Å². The number of alkyl halides is 54. The Labute approximate surface area is 408 Å². The van der Waals surface area contributed by atoms with E-state index in [4.69, 9.17) is 0 Å². The lowest BCUT2D eigenvalue weighted by Crippen LogP contribution is -2.81. The second kappa shape index (κ2) is 18.3. The molecule has 0 bridgehead atoms. The van der Waals surface area contributed by atoms with Gasteiger partial charge in [-0.25, -0.2) is 0 Å². The molecule has 0 heterocycles. The molecule has 0 radical (unpaired) electrons. The molecular weight excluding hydrogens is 1450 g/mol. The summed E-state index contributed by atoms with van der Waals surface area (Å²) in [5, 5.41) is 0. The molecule has 0 aliphatic rings. The van der Waals surface area contributed by atoms with Crippen molar-refractivity contribution >= 4 is 22.6 Å². The minimum atomic E-state index is -11.0. The van der Waals surface area contributed by atoms with Crippen molar-refractivity contribution in [3.05, 3.63) is 0 Å². The van der Waals surface area contributed by atoms with Crippen LogP contribution in [0.3, 0.4) is 0 Å². The Morgan fingerprint density at radius 3 is 0.225 bits per heavy atom. The average Bonchev–Trinajstić information content (AvgIpc) is 3.20. The molecule has 54 heteroatoms. The van der Waals surface area contributed by atoms with Crippen molar-refractivity contribution in [2.45, 2.75) is 152 Å². The summed E-state index contributed by atoms with van der Waals surface area (Å²) in [4.78, 5) is 0. The van der Waals surface area contributed by atoms with Crippen LogP contribution in [0.4, 0.5) is 233 Å². The molecular formula is C26F53I. The highest BCUT2D eigenvalue weighted by Gasteiger charge is 3.05. The maximum Gasteiger partial charge on any atom is 0.460 e. The molecule has 0 fully saturated rings. The first-order valence-electron chi connectivity index (χ1n) is 16.5. The standard InChI is InChI=1S/C26F53I/c27-1(28,3(31,32)5(35,36)7(39,40)9(43,44)11(47,48)13(51,52)15(55,56)17(59,60)19(63,64)21(67,68)23(71,72)25(75,76)77)2(29,30)4(33,34)6(37,38)8(41,42)10(45,46)12(49,50)14(53,54)16(57,58)18(61,62)20(65,66)22(69,70)24(73,74)26(78,79)80. The first kappa shape index (κ1) is 77.0. The van der Waals surface area contributed by atoms with Crippen LogP contribution in [-0.2, 0) is 0 Å². The quantitative estimate of drug-likeness (QED) is 0.0513. The molecule has 0 aromatic carbocycles. The number of hydrogen-bond donors (Lipinski definition) is 0. The van der Waals surface area contributed by atoms with E-state index in [0.29, 0.717) is 0 Å². The molecule has 0 aromatic rings. The third kappa shape index (κ3) is 8.34. The fraction of sp³-hybridized carbons (Fsp3) is 1.00. The SMILES string of the molecule is FC(F)(F)C(F)(F)C(F)(F)C(F)(F)C(F)(F)C(F)(F)C(F)(F)C(F)(F)C(F)(F)C(F)(F)C(F)(F)C(F)(F)C(F)(F)C(F)(F)C(F)(F)C(F)(F)C(F)(F)C(F)(F)C(F)(F)C(F)(F)C(F)(F)C(F)(F)C(F)(F)C(F)(F)C(F)(F)C(F)(F)I. The van der Waals surface area contributed by atoms with Crippen molar-refractivity contribution in [3.63, 3.8) is 0 Å². The van der Waals surface area contributed by atoms with Crippen molar-refractivity contribution in [1.29, 1.82) is 0 Å². The van der Waals surface area contributed by atoms with Gasteiger partial charge in [0.1, 0.15) is 0 Å². The van der Waals surface area contributed by atoms with Gasteiger partial charge in [-0.2, -0.15) is 233 Å². The van der Waals surface area contributed by atoms with Gasteiger partial charge in [0, 0.05) is 22.6 Å². The predicted octanol–water partition coefficient (Wildman–Crippen LogP) is 17.8. The van der Waals surface area contributed by atoms with Gasteiger partial charge in [-0.15, -0.1) is 0 Å². The lowest BCUT2D eigenvalue weighted by Gasteiger charge is -2.48. The predicted molar refractivity (Wildman–Crippen MR) is 144 cm³/mol. The van der Waals surface area contributed by atoms with Gasteiger partial charge >= 0.3 is 152 Å². The molecule has 0 saturated carbocycles. The van der Waals surface area contributed by atoms with E-state index in [1.54, 1.807) is 0 Å². The van der Waals surface area contributed by atoms with Crippen molar-refractivity contribution in [1.82, 2.24) is 0 Å². The molecule has 0 amide bonds. The van der Waals surface area contributed by atoms with Crippen LogP contribution >= 0.6 is 22.6 Å². The third-order valence-electron chi connectivity index (χ3n) is 9.78. The largest absolute Gasteiger partial charge is 0.460 e. The van der Waals surface area contributed by atoms with E-state index >= 15 is 0 Å². The van der Waals surface area contributed by atoms with Crippen molar-refractivity contribution < 1.29 is 233 Å².